The minimum absolute atomic E-state index is 0.0990. The van der Waals surface area contributed by atoms with Gasteiger partial charge in [-0.1, -0.05) is 0 Å². The largest absolute Gasteiger partial charge is 0.351 e. The minimum Gasteiger partial charge on any atom is -0.351 e. The highest BCUT2D eigenvalue weighted by molar-refractivity contribution is 5.85. The lowest BCUT2D eigenvalue weighted by molar-refractivity contribution is -0.121. The van der Waals surface area contributed by atoms with Crippen LogP contribution in [0.5, 0.6) is 0 Å². The second kappa shape index (κ2) is 1.15. The van der Waals surface area contributed by atoms with E-state index >= 15 is 0 Å². The van der Waals surface area contributed by atoms with Gasteiger partial charge in [0.1, 0.15) is 0 Å². The molecule has 2 fully saturated rings. The maximum atomic E-state index is 10.9. The molecule has 50 valence electrons. The highest BCUT2D eigenvalue weighted by Crippen LogP contribution is 2.50. The lowest BCUT2D eigenvalue weighted by Gasteiger charge is -2.19. The summed E-state index contributed by atoms with van der Waals surface area (Å²) in [5.41, 5.74) is 0.0990. The van der Waals surface area contributed by atoms with Gasteiger partial charge in [0.05, 0.1) is 0 Å². The number of hydrogen-bond acceptors (Lipinski definition) is 1. The molecule has 1 aliphatic carbocycles. The number of nitrogens with one attached hydrogen (secondary N) is 1. The van der Waals surface area contributed by atoms with Crippen molar-refractivity contribution in [3.63, 3.8) is 0 Å². The monoisotopic (exact) mass is 125 g/mol. The van der Waals surface area contributed by atoms with Gasteiger partial charge in [0, 0.05) is 11.5 Å². The molecule has 1 heterocycles. The Morgan fingerprint density at radius 2 is 2.33 bits per heavy atom. The van der Waals surface area contributed by atoms with Gasteiger partial charge in [0.25, 0.3) is 0 Å². The Bertz CT molecular complexity index is 174. The number of fused-ring (bicyclic) bond motifs is 1. The summed E-state index contributed by atoms with van der Waals surface area (Å²) in [4.78, 5) is 10.9. The molecule has 2 aliphatic rings. The molecular formula is C7H11NO. The molecule has 0 aromatic rings. The van der Waals surface area contributed by atoms with Gasteiger partial charge in [-0.05, 0) is 26.2 Å². The molecule has 1 saturated carbocycles. The Labute approximate surface area is 54.6 Å². The zero-order valence-electron chi connectivity index (χ0n) is 5.77. The van der Waals surface area contributed by atoms with E-state index in [9.17, 15) is 4.79 Å². The van der Waals surface area contributed by atoms with Crippen molar-refractivity contribution in [1.29, 1.82) is 0 Å². The molecule has 2 atom stereocenters. The third-order valence-electron chi connectivity index (χ3n) is 2.50. The first-order chi connectivity index (χ1) is 4.11. The Kier molecular flexibility index (Phi) is 0.675. The molecule has 1 N–H and O–H groups in total. The Morgan fingerprint density at radius 3 is 2.44 bits per heavy atom. The van der Waals surface area contributed by atoms with Crippen molar-refractivity contribution in [3.8, 4) is 0 Å². The molecule has 0 radical (unpaired) electrons. The van der Waals surface area contributed by atoms with Gasteiger partial charge in [-0.15, -0.1) is 0 Å². The highest BCUT2D eigenvalue weighted by Gasteiger charge is 2.58. The van der Waals surface area contributed by atoms with E-state index in [-0.39, 0.29) is 11.4 Å². The first-order valence-electron chi connectivity index (χ1n) is 3.43. The maximum Gasteiger partial charge on any atom is 0.223 e. The van der Waals surface area contributed by atoms with Crippen molar-refractivity contribution < 1.29 is 4.79 Å². The molecule has 1 saturated heterocycles. The van der Waals surface area contributed by atoms with Crippen molar-refractivity contribution in [3.05, 3.63) is 0 Å². The van der Waals surface area contributed by atoms with E-state index in [0.29, 0.717) is 11.8 Å². The molecule has 0 spiro atoms. The van der Waals surface area contributed by atoms with Crippen LogP contribution in [0.25, 0.3) is 0 Å². The van der Waals surface area contributed by atoms with Crippen molar-refractivity contribution in [2.45, 2.75) is 25.8 Å². The maximum absolute atomic E-state index is 10.9. The van der Waals surface area contributed by atoms with E-state index in [4.69, 9.17) is 0 Å². The van der Waals surface area contributed by atoms with Gasteiger partial charge < -0.3 is 5.32 Å². The first kappa shape index (κ1) is 5.27. The van der Waals surface area contributed by atoms with E-state index in [0.717, 1.165) is 6.42 Å². The van der Waals surface area contributed by atoms with E-state index in [2.05, 4.69) is 19.2 Å². The van der Waals surface area contributed by atoms with Crippen molar-refractivity contribution in [1.82, 2.24) is 5.32 Å². The fourth-order valence-electron chi connectivity index (χ4n) is 1.79. The molecule has 0 bridgehead atoms. The molecule has 0 aromatic heterocycles. The number of carbonyl (C=O) groups is 1. The average Bonchev–Trinajstić information content (AvgIpc) is 2.33. The second-order valence-corrected chi connectivity index (χ2v) is 3.66. The number of piperidine rings is 1. The molecule has 2 nitrogen and oxygen atoms in total. The van der Waals surface area contributed by atoms with Gasteiger partial charge in [0.2, 0.25) is 5.91 Å². The van der Waals surface area contributed by atoms with Crippen LogP contribution in [0.3, 0.4) is 0 Å². The van der Waals surface area contributed by atoms with Crippen molar-refractivity contribution in [2.24, 2.45) is 11.8 Å². The number of carbonyl (C=O) groups excluding carboxylic acids is 1. The Balaban J connectivity index is 2.26. The summed E-state index contributed by atoms with van der Waals surface area (Å²) in [6.07, 6.45) is 1.12. The van der Waals surface area contributed by atoms with Crippen LogP contribution in [-0.4, -0.2) is 11.4 Å². The van der Waals surface area contributed by atoms with Gasteiger partial charge in [-0.25, -0.2) is 0 Å². The van der Waals surface area contributed by atoms with Crippen LogP contribution in [0.15, 0.2) is 0 Å². The summed E-state index contributed by atoms with van der Waals surface area (Å²) < 4.78 is 0. The normalized spacial score (nSPS) is 44.0. The van der Waals surface area contributed by atoms with Crippen LogP contribution in [0.4, 0.5) is 0 Å². The van der Waals surface area contributed by atoms with Crippen LogP contribution in [0.2, 0.25) is 0 Å². The van der Waals surface area contributed by atoms with Gasteiger partial charge in [-0.3, -0.25) is 4.79 Å². The van der Waals surface area contributed by atoms with Gasteiger partial charge in [0.15, 0.2) is 0 Å². The predicted molar refractivity (Wildman–Crippen MR) is 33.8 cm³/mol. The summed E-state index contributed by atoms with van der Waals surface area (Å²) >= 11 is 0. The number of amides is 1. The third kappa shape index (κ3) is 0.533. The zero-order chi connectivity index (χ0) is 6.65. The molecule has 0 aromatic carbocycles. The highest BCUT2D eigenvalue weighted by atomic mass is 16.2. The number of rotatable bonds is 0. The third-order valence-corrected chi connectivity index (χ3v) is 2.50. The summed E-state index contributed by atoms with van der Waals surface area (Å²) in [6.45, 7) is 4.20. The molecule has 9 heavy (non-hydrogen) atoms. The smallest absolute Gasteiger partial charge is 0.223 e. The topological polar surface area (TPSA) is 29.1 Å². The molecule has 1 aliphatic heterocycles. The Morgan fingerprint density at radius 1 is 1.67 bits per heavy atom. The van der Waals surface area contributed by atoms with Crippen molar-refractivity contribution >= 4 is 5.91 Å². The van der Waals surface area contributed by atoms with E-state index in [1.807, 2.05) is 0 Å². The van der Waals surface area contributed by atoms with E-state index in [1.54, 1.807) is 0 Å². The first-order valence-corrected chi connectivity index (χ1v) is 3.43. The minimum atomic E-state index is 0.0990. The molecule has 0 unspecified atom stereocenters. The standard InChI is InChI=1S/C7H11NO/c1-7(2)5-3-4(5)6(9)8-7/h4-5H,3H2,1-2H3,(H,8,9)/t4-,5+/m1/s1. The Hall–Kier alpha value is -0.530. The predicted octanol–water partition coefficient (Wildman–Crippen LogP) is 0.531. The molecule has 2 heteroatoms. The summed E-state index contributed by atoms with van der Waals surface area (Å²) in [6, 6.07) is 0. The molecule has 1 amide bonds. The average molecular weight is 125 g/mol. The number of hydrogen-bond donors (Lipinski definition) is 1. The lowest BCUT2D eigenvalue weighted by atomic mass is 10.0. The second-order valence-electron chi connectivity index (χ2n) is 3.66. The molecular weight excluding hydrogens is 114 g/mol. The van der Waals surface area contributed by atoms with Crippen molar-refractivity contribution in [2.75, 3.05) is 0 Å². The van der Waals surface area contributed by atoms with Crippen LogP contribution in [0, 0.1) is 11.8 Å². The van der Waals surface area contributed by atoms with Crippen LogP contribution >= 0.6 is 0 Å². The van der Waals surface area contributed by atoms with Gasteiger partial charge in [-0.2, -0.15) is 0 Å². The summed E-state index contributed by atoms with van der Waals surface area (Å²) in [7, 11) is 0. The van der Waals surface area contributed by atoms with Crippen LogP contribution in [-0.2, 0) is 4.79 Å². The lowest BCUT2D eigenvalue weighted by Crippen LogP contribution is -2.39. The van der Waals surface area contributed by atoms with Crippen LogP contribution in [0.1, 0.15) is 20.3 Å². The fourth-order valence-corrected chi connectivity index (χ4v) is 1.79. The van der Waals surface area contributed by atoms with Crippen LogP contribution < -0.4 is 5.32 Å². The summed E-state index contributed by atoms with van der Waals surface area (Å²) in [5, 5.41) is 2.95. The zero-order valence-corrected chi connectivity index (χ0v) is 5.77. The quantitative estimate of drug-likeness (QED) is 0.502. The van der Waals surface area contributed by atoms with E-state index in [1.165, 1.54) is 0 Å². The molecule has 2 rings (SSSR count). The summed E-state index contributed by atoms with van der Waals surface area (Å²) in [5.74, 6) is 1.29. The van der Waals surface area contributed by atoms with Gasteiger partial charge >= 0.3 is 0 Å². The SMILES string of the molecule is CC1(C)NC(=O)[C@@H]2C[C@@H]21. The fraction of sp³-hybridized carbons (Fsp3) is 0.857. The van der Waals surface area contributed by atoms with E-state index < -0.39 is 0 Å².